The quantitative estimate of drug-likeness (QED) is 0.469. The number of hydrogen-bond acceptors (Lipinski definition) is 2. The Morgan fingerprint density at radius 3 is 2.77 bits per heavy atom. The molecule has 1 aliphatic heterocycles. The minimum absolute atomic E-state index is 0. The molecular formula is C17H26IN3O. The second-order valence-corrected chi connectivity index (χ2v) is 6.22. The van der Waals surface area contributed by atoms with Crippen LogP contribution < -0.4 is 5.32 Å². The zero-order valence-corrected chi connectivity index (χ0v) is 15.7. The number of nitrogens with one attached hydrogen (secondary N) is 1. The molecule has 0 amide bonds. The van der Waals surface area contributed by atoms with Crippen molar-refractivity contribution in [3.63, 3.8) is 0 Å². The van der Waals surface area contributed by atoms with Crippen molar-refractivity contribution in [2.24, 2.45) is 10.9 Å². The third-order valence-electron chi connectivity index (χ3n) is 4.49. The summed E-state index contributed by atoms with van der Waals surface area (Å²) in [7, 11) is 4.09. The third kappa shape index (κ3) is 4.13. The predicted octanol–water partition coefficient (Wildman–Crippen LogP) is 2.88. The number of benzene rings is 1. The van der Waals surface area contributed by atoms with Gasteiger partial charge in [-0.3, -0.25) is 0 Å². The van der Waals surface area contributed by atoms with Gasteiger partial charge in [-0.05, 0) is 24.8 Å². The summed E-state index contributed by atoms with van der Waals surface area (Å²) in [5, 5.41) is 3.62. The molecule has 1 aromatic rings. The molecule has 1 saturated heterocycles. The molecule has 1 aliphatic carbocycles. The van der Waals surface area contributed by atoms with Gasteiger partial charge in [0.05, 0.1) is 12.6 Å². The predicted molar refractivity (Wildman–Crippen MR) is 101 cm³/mol. The first-order chi connectivity index (χ1) is 10.2. The van der Waals surface area contributed by atoms with Gasteiger partial charge >= 0.3 is 0 Å². The molecule has 3 atom stereocenters. The SMILES string of the molecule is CN(C)C(=NCc1ccccc1)NC1CC2OCCCC12.I. The molecule has 3 rings (SSSR count). The summed E-state index contributed by atoms with van der Waals surface area (Å²) in [6.07, 6.45) is 4.07. The number of halogens is 1. The van der Waals surface area contributed by atoms with Gasteiger partial charge in [-0.15, -0.1) is 24.0 Å². The first-order valence-corrected chi connectivity index (χ1v) is 7.88. The van der Waals surface area contributed by atoms with E-state index < -0.39 is 0 Å². The molecule has 3 unspecified atom stereocenters. The molecule has 122 valence electrons. The Labute approximate surface area is 150 Å². The summed E-state index contributed by atoms with van der Waals surface area (Å²) >= 11 is 0. The molecule has 22 heavy (non-hydrogen) atoms. The summed E-state index contributed by atoms with van der Waals surface area (Å²) in [6, 6.07) is 10.9. The fourth-order valence-corrected chi connectivity index (χ4v) is 3.19. The van der Waals surface area contributed by atoms with Crippen LogP contribution in [-0.4, -0.2) is 43.7 Å². The van der Waals surface area contributed by atoms with Crippen molar-refractivity contribution >= 4 is 29.9 Å². The summed E-state index contributed by atoms with van der Waals surface area (Å²) < 4.78 is 5.78. The van der Waals surface area contributed by atoms with Gasteiger partial charge in [-0.2, -0.15) is 0 Å². The topological polar surface area (TPSA) is 36.9 Å². The third-order valence-corrected chi connectivity index (χ3v) is 4.49. The van der Waals surface area contributed by atoms with E-state index in [0.717, 1.165) is 25.5 Å². The van der Waals surface area contributed by atoms with Crippen LogP contribution in [0.5, 0.6) is 0 Å². The van der Waals surface area contributed by atoms with Gasteiger partial charge in [-0.25, -0.2) is 4.99 Å². The molecule has 2 aliphatic rings. The number of rotatable bonds is 3. The lowest BCUT2D eigenvalue weighted by Crippen LogP contribution is -2.59. The standard InChI is InChI=1S/C17H25N3O.HI/c1-20(2)17(18-12-13-7-4-3-5-8-13)19-15-11-16-14(15)9-6-10-21-16;/h3-5,7-8,14-16H,6,9-12H2,1-2H3,(H,18,19);1H. The van der Waals surface area contributed by atoms with Crippen LogP contribution in [0, 0.1) is 5.92 Å². The van der Waals surface area contributed by atoms with Crippen LogP contribution in [0.15, 0.2) is 35.3 Å². The maximum Gasteiger partial charge on any atom is 0.193 e. The Morgan fingerprint density at radius 1 is 1.32 bits per heavy atom. The van der Waals surface area contributed by atoms with Gasteiger partial charge in [0.25, 0.3) is 0 Å². The highest BCUT2D eigenvalue weighted by Gasteiger charge is 2.43. The first-order valence-electron chi connectivity index (χ1n) is 7.88. The van der Waals surface area contributed by atoms with E-state index in [2.05, 4.69) is 34.5 Å². The maximum atomic E-state index is 5.78. The van der Waals surface area contributed by atoms with Crippen molar-refractivity contribution in [1.82, 2.24) is 10.2 Å². The lowest BCUT2D eigenvalue weighted by atomic mass is 9.72. The normalized spacial score (nSPS) is 27.2. The maximum absolute atomic E-state index is 5.78. The minimum atomic E-state index is 0. The van der Waals surface area contributed by atoms with E-state index in [0.29, 0.717) is 18.1 Å². The second kappa shape index (κ2) is 8.15. The molecule has 1 N–H and O–H groups in total. The van der Waals surface area contributed by atoms with E-state index in [1.165, 1.54) is 18.4 Å². The van der Waals surface area contributed by atoms with E-state index in [1.807, 2.05) is 20.2 Å². The lowest BCUT2D eigenvalue weighted by Gasteiger charge is -2.48. The summed E-state index contributed by atoms with van der Waals surface area (Å²) in [5.41, 5.74) is 1.24. The van der Waals surface area contributed by atoms with Gasteiger partial charge in [0, 0.05) is 32.7 Å². The molecule has 1 aromatic carbocycles. The molecule has 0 bridgehead atoms. The second-order valence-electron chi connectivity index (χ2n) is 6.22. The first kappa shape index (κ1) is 17.5. The summed E-state index contributed by atoms with van der Waals surface area (Å²) in [4.78, 5) is 6.81. The summed E-state index contributed by atoms with van der Waals surface area (Å²) in [5.74, 6) is 1.65. The minimum Gasteiger partial charge on any atom is -0.378 e. The smallest absolute Gasteiger partial charge is 0.193 e. The Kier molecular flexibility index (Phi) is 6.50. The van der Waals surface area contributed by atoms with Gasteiger partial charge in [0.15, 0.2) is 5.96 Å². The molecule has 1 heterocycles. The molecule has 5 heteroatoms. The van der Waals surface area contributed by atoms with Crippen molar-refractivity contribution in [3.8, 4) is 0 Å². The van der Waals surface area contributed by atoms with Crippen LogP contribution in [-0.2, 0) is 11.3 Å². The van der Waals surface area contributed by atoms with Crippen LogP contribution in [0.25, 0.3) is 0 Å². The average Bonchev–Trinajstić information content (AvgIpc) is 2.48. The van der Waals surface area contributed by atoms with Crippen molar-refractivity contribution in [3.05, 3.63) is 35.9 Å². The van der Waals surface area contributed by atoms with E-state index in [4.69, 9.17) is 9.73 Å². The number of nitrogens with zero attached hydrogens (tertiary/aromatic N) is 2. The average molecular weight is 415 g/mol. The number of ether oxygens (including phenoxy) is 1. The van der Waals surface area contributed by atoms with Crippen molar-refractivity contribution < 1.29 is 4.74 Å². The van der Waals surface area contributed by atoms with E-state index in [9.17, 15) is 0 Å². The van der Waals surface area contributed by atoms with E-state index >= 15 is 0 Å². The zero-order chi connectivity index (χ0) is 14.7. The number of guanidine groups is 1. The van der Waals surface area contributed by atoms with Gasteiger partial charge in [-0.1, -0.05) is 30.3 Å². The van der Waals surface area contributed by atoms with Crippen LogP contribution in [0.2, 0.25) is 0 Å². The fraction of sp³-hybridized carbons (Fsp3) is 0.588. The van der Waals surface area contributed by atoms with Crippen LogP contribution in [0.1, 0.15) is 24.8 Å². The molecule has 0 aromatic heterocycles. The Bertz CT molecular complexity index is 492. The van der Waals surface area contributed by atoms with Crippen LogP contribution in [0.4, 0.5) is 0 Å². The zero-order valence-electron chi connectivity index (χ0n) is 13.4. The highest BCUT2D eigenvalue weighted by atomic mass is 127. The van der Waals surface area contributed by atoms with E-state index in [1.54, 1.807) is 0 Å². The number of aliphatic imine (C=N–C) groups is 1. The highest BCUT2D eigenvalue weighted by molar-refractivity contribution is 14.0. The van der Waals surface area contributed by atoms with Crippen molar-refractivity contribution in [2.45, 2.75) is 38.0 Å². The molecule has 1 saturated carbocycles. The van der Waals surface area contributed by atoms with E-state index in [-0.39, 0.29) is 24.0 Å². The largest absolute Gasteiger partial charge is 0.378 e. The van der Waals surface area contributed by atoms with Crippen LogP contribution in [0.3, 0.4) is 0 Å². The Balaban J connectivity index is 0.00000176. The Hall–Kier alpha value is -0.820. The monoisotopic (exact) mass is 415 g/mol. The Morgan fingerprint density at radius 2 is 2.09 bits per heavy atom. The molecule has 4 nitrogen and oxygen atoms in total. The number of fused-ring (bicyclic) bond motifs is 1. The van der Waals surface area contributed by atoms with Gasteiger partial charge in [0.2, 0.25) is 0 Å². The van der Waals surface area contributed by atoms with Crippen molar-refractivity contribution in [2.75, 3.05) is 20.7 Å². The van der Waals surface area contributed by atoms with Gasteiger partial charge < -0.3 is 15.0 Å². The molecule has 2 fully saturated rings. The molecule has 0 spiro atoms. The van der Waals surface area contributed by atoms with Crippen molar-refractivity contribution in [1.29, 1.82) is 0 Å². The molecule has 0 radical (unpaired) electrons. The molecular weight excluding hydrogens is 389 g/mol. The van der Waals surface area contributed by atoms with Crippen LogP contribution >= 0.6 is 24.0 Å². The number of hydrogen-bond donors (Lipinski definition) is 1. The fourth-order valence-electron chi connectivity index (χ4n) is 3.19. The lowest BCUT2D eigenvalue weighted by molar-refractivity contribution is -0.0993. The van der Waals surface area contributed by atoms with Gasteiger partial charge in [0.1, 0.15) is 0 Å². The highest BCUT2D eigenvalue weighted by Crippen LogP contribution is 2.37. The summed E-state index contributed by atoms with van der Waals surface area (Å²) in [6.45, 7) is 1.66.